The van der Waals surface area contributed by atoms with Crippen LogP contribution in [0.1, 0.15) is 56.2 Å². The number of pyridine rings is 1. The molecule has 3 aliphatic rings. The minimum atomic E-state index is -0.211. The van der Waals surface area contributed by atoms with Gasteiger partial charge in [0, 0.05) is 44.8 Å². The molecule has 2 amide bonds. The topological polar surface area (TPSA) is 92.0 Å². The Kier molecular flexibility index (Phi) is 9.70. The fraction of sp³-hybridized carbons (Fsp3) is 0.594. The summed E-state index contributed by atoms with van der Waals surface area (Å²) in [5.41, 5.74) is 8.05. The SMILES string of the molecule is NC(=O)C1CCN(CC(=O)N2CCC3(CCCCc4ccccc4OCCN(Cc4ccccn4)C3)CC2)CC1. The van der Waals surface area contributed by atoms with Gasteiger partial charge in [0.2, 0.25) is 11.8 Å². The van der Waals surface area contributed by atoms with Crippen molar-refractivity contribution in [3.05, 3.63) is 59.9 Å². The van der Waals surface area contributed by atoms with Crippen LogP contribution in [0.2, 0.25) is 0 Å². The van der Waals surface area contributed by atoms with Gasteiger partial charge in [0.15, 0.2) is 0 Å². The van der Waals surface area contributed by atoms with Crippen molar-refractivity contribution in [3.8, 4) is 5.75 Å². The molecular weight excluding hydrogens is 502 g/mol. The first-order chi connectivity index (χ1) is 19.5. The van der Waals surface area contributed by atoms with Gasteiger partial charge in [0.1, 0.15) is 12.4 Å². The lowest BCUT2D eigenvalue weighted by atomic mass is 9.73. The second-order valence-corrected chi connectivity index (χ2v) is 12.0. The lowest BCUT2D eigenvalue weighted by Gasteiger charge is -2.45. The van der Waals surface area contributed by atoms with E-state index in [1.54, 1.807) is 0 Å². The highest BCUT2D eigenvalue weighted by Crippen LogP contribution is 2.39. The number of carbonyl (C=O) groups excluding carboxylic acids is 2. The van der Waals surface area contributed by atoms with Gasteiger partial charge in [-0.15, -0.1) is 0 Å². The lowest BCUT2D eigenvalue weighted by molar-refractivity contribution is -0.135. The van der Waals surface area contributed by atoms with Gasteiger partial charge in [-0.25, -0.2) is 0 Å². The zero-order valence-electron chi connectivity index (χ0n) is 23.8. The molecule has 2 N–H and O–H groups in total. The molecule has 0 aliphatic carbocycles. The number of primary amides is 1. The van der Waals surface area contributed by atoms with E-state index in [0.717, 1.165) is 95.8 Å². The van der Waals surface area contributed by atoms with E-state index < -0.39 is 0 Å². The van der Waals surface area contributed by atoms with Crippen LogP contribution in [0.5, 0.6) is 5.75 Å². The zero-order valence-corrected chi connectivity index (χ0v) is 23.8. The summed E-state index contributed by atoms with van der Waals surface area (Å²) in [7, 11) is 0. The third kappa shape index (κ3) is 7.61. The van der Waals surface area contributed by atoms with Gasteiger partial charge < -0.3 is 15.4 Å². The van der Waals surface area contributed by atoms with E-state index in [4.69, 9.17) is 10.5 Å². The standard InChI is InChI=1S/C32H45N5O3/c33-31(39)27-11-17-35(18-12-27)24-30(38)37-19-14-32(15-20-37)13-5-3-8-26-7-1-2-10-29(26)40-22-21-36(25-32)23-28-9-4-6-16-34-28/h1-2,4,6-7,9-10,16,27H,3,5,8,11-15,17-25H2,(H2,33,39). The largest absolute Gasteiger partial charge is 0.492 e. The van der Waals surface area contributed by atoms with Crippen molar-refractivity contribution in [2.45, 2.75) is 57.9 Å². The molecule has 216 valence electrons. The van der Waals surface area contributed by atoms with Crippen LogP contribution in [-0.4, -0.2) is 83.9 Å². The number of likely N-dealkylation sites (tertiary alicyclic amines) is 2. The molecule has 2 aromatic rings. The Morgan fingerprint density at radius 3 is 2.45 bits per heavy atom. The van der Waals surface area contributed by atoms with E-state index in [-0.39, 0.29) is 23.1 Å². The van der Waals surface area contributed by atoms with Gasteiger partial charge in [-0.3, -0.25) is 24.4 Å². The molecule has 4 heterocycles. The molecule has 5 rings (SSSR count). The van der Waals surface area contributed by atoms with E-state index in [1.807, 2.05) is 12.3 Å². The minimum absolute atomic E-state index is 0.0461. The Labute approximate surface area is 238 Å². The van der Waals surface area contributed by atoms with Gasteiger partial charge in [-0.2, -0.15) is 0 Å². The summed E-state index contributed by atoms with van der Waals surface area (Å²) in [4.78, 5) is 36.1. The summed E-state index contributed by atoms with van der Waals surface area (Å²) in [6.07, 6.45) is 9.98. The molecule has 8 nitrogen and oxygen atoms in total. The molecule has 0 saturated carbocycles. The molecule has 0 radical (unpaired) electrons. The number of hydrogen-bond donors (Lipinski definition) is 1. The molecule has 1 aromatic heterocycles. The molecule has 0 atom stereocenters. The molecule has 1 aromatic carbocycles. The number of hydrogen-bond acceptors (Lipinski definition) is 6. The van der Waals surface area contributed by atoms with E-state index in [0.29, 0.717) is 13.2 Å². The fourth-order valence-corrected chi connectivity index (χ4v) is 6.74. The highest BCUT2D eigenvalue weighted by molar-refractivity contribution is 5.79. The van der Waals surface area contributed by atoms with E-state index in [2.05, 4.69) is 56.1 Å². The second kappa shape index (κ2) is 13.6. The number of aryl methyl sites for hydroxylation is 1. The average molecular weight is 548 g/mol. The second-order valence-electron chi connectivity index (χ2n) is 12.0. The molecule has 2 saturated heterocycles. The van der Waals surface area contributed by atoms with Crippen LogP contribution in [0.4, 0.5) is 0 Å². The van der Waals surface area contributed by atoms with Crippen LogP contribution in [0.3, 0.4) is 0 Å². The van der Waals surface area contributed by atoms with Crippen LogP contribution in [0, 0.1) is 11.3 Å². The first kappa shape index (κ1) is 28.6. The summed E-state index contributed by atoms with van der Waals surface area (Å²) in [6, 6.07) is 14.6. The third-order valence-electron chi connectivity index (χ3n) is 9.24. The molecule has 1 spiro atoms. The van der Waals surface area contributed by atoms with Gasteiger partial charge in [0.05, 0.1) is 12.2 Å². The molecule has 0 unspecified atom stereocenters. The minimum Gasteiger partial charge on any atom is -0.492 e. The Morgan fingerprint density at radius 2 is 1.70 bits per heavy atom. The number of fused-ring (bicyclic) bond motifs is 1. The summed E-state index contributed by atoms with van der Waals surface area (Å²) >= 11 is 0. The number of ether oxygens (including phenoxy) is 1. The fourth-order valence-electron chi connectivity index (χ4n) is 6.74. The number of nitrogens with two attached hydrogens (primary N) is 1. The summed E-state index contributed by atoms with van der Waals surface area (Å²) in [6.45, 7) is 6.90. The Hall–Kier alpha value is -2.97. The molecule has 0 bridgehead atoms. The molecule has 2 fully saturated rings. The Bertz CT molecular complexity index is 1110. The van der Waals surface area contributed by atoms with E-state index in [9.17, 15) is 9.59 Å². The van der Waals surface area contributed by atoms with Gasteiger partial charge in [0.25, 0.3) is 0 Å². The Balaban J connectivity index is 1.23. The number of benzene rings is 1. The van der Waals surface area contributed by atoms with E-state index >= 15 is 0 Å². The van der Waals surface area contributed by atoms with E-state index in [1.165, 1.54) is 18.4 Å². The maximum absolute atomic E-state index is 13.2. The first-order valence-electron chi connectivity index (χ1n) is 15.1. The van der Waals surface area contributed by atoms with Crippen LogP contribution in [-0.2, 0) is 22.6 Å². The van der Waals surface area contributed by atoms with Crippen molar-refractivity contribution in [2.75, 3.05) is 52.4 Å². The van der Waals surface area contributed by atoms with Gasteiger partial charge >= 0.3 is 0 Å². The van der Waals surface area contributed by atoms with Crippen molar-refractivity contribution in [3.63, 3.8) is 0 Å². The summed E-state index contributed by atoms with van der Waals surface area (Å²) in [5.74, 6) is 0.976. The number of para-hydroxylation sites is 1. The monoisotopic (exact) mass is 547 g/mol. The van der Waals surface area contributed by atoms with Crippen LogP contribution in [0.25, 0.3) is 0 Å². The normalized spacial score (nSPS) is 21.6. The van der Waals surface area contributed by atoms with Gasteiger partial charge in [-0.1, -0.05) is 30.7 Å². The van der Waals surface area contributed by atoms with Crippen molar-refractivity contribution < 1.29 is 14.3 Å². The van der Waals surface area contributed by atoms with Crippen LogP contribution >= 0.6 is 0 Å². The predicted molar refractivity (Wildman–Crippen MR) is 156 cm³/mol. The first-order valence-corrected chi connectivity index (χ1v) is 15.1. The van der Waals surface area contributed by atoms with Crippen molar-refractivity contribution in [1.82, 2.24) is 19.7 Å². The number of amides is 2. The quantitative estimate of drug-likeness (QED) is 0.616. The van der Waals surface area contributed by atoms with Crippen LogP contribution < -0.4 is 10.5 Å². The van der Waals surface area contributed by atoms with Crippen molar-refractivity contribution in [1.29, 1.82) is 0 Å². The smallest absolute Gasteiger partial charge is 0.236 e. The molecule has 40 heavy (non-hydrogen) atoms. The highest BCUT2D eigenvalue weighted by Gasteiger charge is 2.37. The number of nitrogens with zero attached hydrogens (tertiary/aromatic N) is 4. The maximum Gasteiger partial charge on any atom is 0.236 e. The predicted octanol–water partition coefficient (Wildman–Crippen LogP) is 3.50. The number of carbonyl (C=O) groups is 2. The van der Waals surface area contributed by atoms with Crippen LogP contribution in [0.15, 0.2) is 48.7 Å². The Morgan fingerprint density at radius 1 is 0.925 bits per heavy atom. The molecular formula is C32H45N5O3. The summed E-state index contributed by atoms with van der Waals surface area (Å²) < 4.78 is 6.30. The van der Waals surface area contributed by atoms with Crippen molar-refractivity contribution in [2.24, 2.45) is 17.1 Å². The average Bonchev–Trinajstić information content (AvgIpc) is 2.96. The van der Waals surface area contributed by atoms with Crippen molar-refractivity contribution >= 4 is 11.8 Å². The number of aromatic nitrogens is 1. The number of rotatable bonds is 5. The summed E-state index contributed by atoms with van der Waals surface area (Å²) in [5, 5.41) is 0. The highest BCUT2D eigenvalue weighted by atomic mass is 16.5. The molecule has 8 heteroatoms. The maximum atomic E-state index is 13.2. The lowest BCUT2D eigenvalue weighted by Crippen LogP contribution is -2.51. The number of piperidine rings is 2. The van der Waals surface area contributed by atoms with Gasteiger partial charge in [-0.05, 0) is 87.2 Å². The zero-order chi connectivity index (χ0) is 27.8. The third-order valence-corrected chi connectivity index (χ3v) is 9.24. The molecule has 3 aliphatic heterocycles.